The quantitative estimate of drug-likeness (QED) is 0.646. The molecule has 0 amide bonds. The minimum absolute atomic E-state index is 0.0782. The fourth-order valence-electron chi connectivity index (χ4n) is 3.15. The second-order valence-electron chi connectivity index (χ2n) is 7.03. The van der Waals surface area contributed by atoms with Crippen molar-refractivity contribution in [1.29, 1.82) is 0 Å². The van der Waals surface area contributed by atoms with E-state index in [0.717, 1.165) is 57.8 Å². The number of hydrogen-bond acceptors (Lipinski definition) is 2. The maximum Gasteiger partial charge on any atom is 0.193 e. The van der Waals surface area contributed by atoms with Gasteiger partial charge in [-0.05, 0) is 38.2 Å². The highest BCUT2D eigenvalue weighted by molar-refractivity contribution is 5.80. The highest BCUT2D eigenvalue weighted by Crippen LogP contribution is 2.45. The van der Waals surface area contributed by atoms with Crippen LogP contribution < -0.4 is 5.32 Å². The van der Waals surface area contributed by atoms with Gasteiger partial charge in [-0.25, -0.2) is 0 Å². The van der Waals surface area contributed by atoms with E-state index in [1.54, 1.807) is 0 Å². The number of hydrogen-bond donors (Lipinski definition) is 2. The Bertz CT molecular complexity index is 580. The van der Waals surface area contributed by atoms with Crippen LogP contribution in [0.3, 0.4) is 0 Å². The highest BCUT2D eigenvalue weighted by Gasteiger charge is 2.42. The summed E-state index contributed by atoms with van der Waals surface area (Å²) in [6, 6.07) is 10.6. The molecule has 1 saturated carbocycles. The molecule has 130 valence electrons. The number of likely N-dealkylation sites (tertiary alicyclic amines) is 1. The molecule has 24 heavy (non-hydrogen) atoms. The summed E-state index contributed by atoms with van der Waals surface area (Å²) in [5.74, 6) is 1.01. The molecule has 1 heterocycles. The molecule has 1 aliphatic carbocycles. The number of aliphatic imine (C=N–C) groups is 1. The first-order valence-corrected chi connectivity index (χ1v) is 9.13. The Morgan fingerprint density at radius 1 is 1.25 bits per heavy atom. The molecular weight excluding hydrogens is 298 g/mol. The monoisotopic (exact) mass is 327 g/mol. The molecule has 0 spiro atoms. The second-order valence-corrected chi connectivity index (χ2v) is 7.03. The summed E-state index contributed by atoms with van der Waals surface area (Å²) >= 11 is 0. The van der Waals surface area contributed by atoms with E-state index < -0.39 is 0 Å². The molecule has 1 aromatic rings. The van der Waals surface area contributed by atoms with Crippen LogP contribution in [-0.4, -0.2) is 48.8 Å². The van der Waals surface area contributed by atoms with Crippen LogP contribution >= 0.6 is 0 Å². The van der Waals surface area contributed by atoms with Gasteiger partial charge in [-0.15, -0.1) is 0 Å². The normalized spacial score (nSPS) is 20.0. The van der Waals surface area contributed by atoms with Crippen molar-refractivity contribution < 1.29 is 5.11 Å². The molecule has 4 heteroatoms. The number of nitrogens with zero attached hydrogens (tertiary/aromatic N) is 2. The number of benzene rings is 1. The maximum atomic E-state index is 9.47. The molecule has 2 N–H and O–H groups in total. The summed E-state index contributed by atoms with van der Waals surface area (Å²) in [7, 11) is 0. The van der Waals surface area contributed by atoms with Gasteiger partial charge >= 0.3 is 0 Å². The Morgan fingerprint density at radius 3 is 2.54 bits per heavy atom. The van der Waals surface area contributed by atoms with E-state index in [1.165, 1.54) is 11.1 Å². The Balaban J connectivity index is 1.59. The van der Waals surface area contributed by atoms with E-state index in [-0.39, 0.29) is 12.0 Å². The minimum Gasteiger partial charge on any atom is -0.396 e. The molecule has 0 radical (unpaired) electrons. The van der Waals surface area contributed by atoms with Crippen molar-refractivity contribution in [2.45, 2.75) is 32.6 Å². The number of nitrogens with one attached hydrogen (secondary N) is 1. The fourth-order valence-corrected chi connectivity index (χ4v) is 3.15. The van der Waals surface area contributed by atoms with Crippen LogP contribution in [0.5, 0.6) is 0 Å². The smallest absolute Gasteiger partial charge is 0.193 e. The van der Waals surface area contributed by atoms with E-state index in [1.807, 2.05) is 0 Å². The van der Waals surface area contributed by atoms with Crippen molar-refractivity contribution in [3.63, 3.8) is 0 Å². The maximum absolute atomic E-state index is 9.47. The van der Waals surface area contributed by atoms with Crippen molar-refractivity contribution >= 4 is 12.0 Å². The average molecular weight is 327 g/mol. The summed E-state index contributed by atoms with van der Waals surface area (Å²) < 4.78 is 0. The van der Waals surface area contributed by atoms with Gasteiger partial charge in [-0.2, -0.15) is 0 Å². The average Bonchev–Trinajstić information content (AvgIpc) is 3.41. The molecule has 4 nitrogen and oxygen atoms in total. The van der Waals surface area contributed by atoms with E-state index >= 15 is 0 Å². The van der Waals surface area contributed by atoms with E-state index in [0.29, 0.717) is 0 Å². The lowest BCUT2D eigenvalue weighted by atomic mass is 10.0. The molecule has 0 unspecified atom stereocenters. The predicted octanol–water partition coefficient (Wildman–Crippen LogP) is 2.90. The largest absolute Gasteiger partial charge is 0.396 e. The number of guanidine groups is 1. The van der Waals surface area contributed by atoms with Crippen LogP contribution in [0.15, 0.2) is 40.9 Å². The number of aliphatic hydroxyl groups is 1. The van der Waals surface area contributed by atoms with E-state index in [2.05, 4.69) is 53.5 Å². The predicted molar refractivity (Wildman–Crippen MR) is 100.0 cm³/mol. The van der Waals surface area contributed by atoms with Gasteiger partial charge in [0.2, 0.25) is 0 Å². The van der Waals surface area contributed by atoms with Gasteiger partial charge in [0.25, 0.3) is 0 Å². The molecule has 3 rings (SSSR count). The van der Waals surface area contributed by atoms with Gasteiger partial charge in [-0.3, -0.25) is 4.99 Å². The lowest BCUT2D eigenvalue weighted by Gasteiger charge is -2.31. The van der Waals surface area contributed by atoms with Crippen molar-refractivity contribution in [3.05, 3.63) is 41.5 Å². The van der Waals surface area contributed by atoms with E-state index in [9.17, 15) is 5.11 Å². The van der Waals surface area contributed by atoms with Crippen molar-refractivity contribution in [1.82, 2.24) is 10.2 Å². The zero-order valence-corrected chi connectivity index (χ0v) is 14.7. The van der Waals surface area contributed by atoms with Gasteiger partial charge in [-0.1, -0.05) is 42.0 Å². The Hall–Kier alpha value is -1.81. The zero-order chi connectivity index (χ0) is 16.8. The van der Waals surface area contributed by atoms with Gasteiger partial charge in [0.15, 0.2) is 5.96 Å². The van der Waals surface area contributed by atoms with Gasteiger partial charge in [0.05, 0.1) is 13.2 Å². The molecule has 2 aliphatic rings. The van der Waals surface area contributed by atoms with Gasteiger partial charge < -0.3 is 15.3 Å². The number of aliphatic hydroxyl groups excluding tert-OH is 1. The van der Waals surface area contributed by atoms with Crippen LogP contribution in [-0.2, 0) is 0 Å². The minimum atomic E-state index is 0.0782. The van der Waals surface area contributed by atoms with Crippen molar-refractivity contribution in [2.75, 3.05) is 32.8 Å². The topological polar surface area (TPSA) is 47.9 Å². The lowest BCUT2D eigenvalue weighted by Crippen LogP contribution is -2.44. The first-order valence-electron chi connectivity index (χ1n) is 9.13. The van der Waals surface area contributed by atoms with Crippen LogP contribution in [0.1, 0.15) is 38.2 Å². The summed E-state index contributed by atoms with van der Waals surface area (Å²) in [6.45, 7) is 6.02. The van der Waals surface area contributed by atoms with Crippen LogP contribution in [0.4, 0.5) is 0 Å². The Kier molecular flexibility index (Phi) is 5.56. The second kappa shape index (κ2) is 7.84. The van der Waals surface area contributed by atoms with Gasteiger partial charge in [0, 0.05) is 25.0 Å². The molecule has 1 aliphatic heterocycles. The van der Waals surface area contributed by atoms with E-state index in [4.69, 9.17) is 4.99 Å². The Labute approximate surface area is 145 Å². The lowest BCUT2D eigenvalue weighted by molar-refractivity contribution is 0.216. The van der Waals surface area contributed by atoms with Crippen molar-refractivity contribution in [2.24, 2.45) is 10.4 Å². The molecule has 1 aromatic carbocycles. The van der Waals surface area contributed by atoms with Crippen molar-refractivity contribution in [3.8, 4) is 0 Å². The molecule has 1 saturated heterocycles. The molecule has 0 bridgehead atoms. The Morgan fingerprint density at radius 2 is 1.96 bits per heavy atom. The molecular formula is C20H29N3O. The summed E-state index contributed by atoms with van der Waals surface area (Å²) in [5.41, 5.74) is 2.89. The highest BCUT2D eigenvalue weighted by atomic mass is 16.3. The van der Waals surface area contributed by atoms with Gasteiger partial charge in [0.1, 0.15) is 0 Å². The molecule has 2 fully saturated rings. The third-order valence-electron chi connectivity index (χ3n) is 5.07. The molecule has 0 aromatic heterocycles. The summed E-state index contributed by atoms with van der Waals surface area (Å²) in [5, 5.41) is 12.9. The van der Waals surface area contributed by atoms with Crippen LogP contribution in [0.25, 0.3) is 6.08 Å². The zero-order valence-electron chi connectivity index (χ0n) is 14.7. The first kappa shape index (κ1) is 17.0. The van der Waals surface area contributed by atoms with Crippen LogP contribution in [0, 0.1) is 5.41 Å². The fraction of sp³-hybridized carbons (Fsp3) is 0.550. The molecule has 0 atom stereocenters. The number of piperidine rings is 1. The standard InChI is InChI=1S/C20H29N3O/c1-2-21-19(22-15-20(16-24)10-11-20)23-12-8-18(9-13-23)14-17-6-4-3-5-7-17/h3-7,14,24H,2,8-13,15-16H2,1H3,(H,21,22). The summed E-state index contributed by atoms with van der Waals surface area (Å²) in [4.78, 5) is 7.16. The summed E-state index contributed by atoms with van der Waals surface area (Å²) in [6.07, 6.45) is 6.72. The number of rotatable bonds is 5. The third kappa shape index (κ3) is 4.38. The van der Waals surface area contributed by atoms with Crippen LogP contribution in [0.2, 0.25) is 0 Å². The first-order chi connectivity index (χ1) is 11.7. The SMILES string of the molecule is CCNC(=NCC1(CO)CC1)N1CCC(=Cc2ccccc2)CC1. The third-order valence-corrected chi connectivity index (χ3v) is 5.07.